The van der Waals surface area contributed by atoms with Crippen LogP contribution in [0.4, 0.5) is 0 Å². The fraction of sp³-hybridized carbons (Fsp3) is 0.417. The molecule has 1 spiro atoms. The number of carbonyl (C=O) groups is 1. The highest BCUT2D eigenvalue weighted by Gasteiger charge is 2.51. The van der Waals surface area contributed by atoms with Crippen LogP contribution in [0.15, 0.2) is 63.8 Å². The Bertz CT molecular complexity index is 1130. The van der Waals surface area contributed by atoms with Crippen LogP contribution in [0.3, 0.4) is 0 Å². The molecule has 0 aliphatic carbocycles. The second-order valence-corrected chi connectivity index (χ2v) is 8.74. The summed E-state index contributed by atoms with van der Waals surface area (Å²) in [6, 6.07) is 18.1. The molecule has 2 aliphatic heterocycles. The van der Waals surface area contributed by atoms with Crippen LogP contribution in [0, 0.1) is 0 Å². The van der Waals surface area contributed by atoms with Crippen molar-refractivity contribution in [3.63, 3.8) is 0 Å². The van der Waals surface area contributed by atoms with Crippen LogP contribution in [0.25, 0.3) is 11.1 Å². The van der Waals surface area contributed by atoms with Crippen molar-refractivity contribution >= 4 is 17.0 Å². The number of ether oxygens (including phenoxy) is 1. The molecule has 2 aromatic carbocycles. The van der Waals surface area contributed by atoms with Crippen LogP contribution in [0.1, 0.15) is 18.4 Å². The molecule has 7 nitrogen and oxygen atoms in total. The third-order valence-electron chi connectivity index (χ3n) is 6.52. The molecule has 0 radical (unpaired) electrons. The molecular formula is C24H27N3O4. The summed E-state index contributed by atoms with van der Waals surface area (Å²) < 4.78 is 12.9. The van der Waals surface area contributed by atoms with Gasteiger partial charge in [0.15, 0.2) is 5.58 Å². The molecule has 1 amide bonds. The molecule has 2 fully saturated rings. The molecule has 3 aromatic rings. The number of aromatic nitrogens is 1. The highest BCUT2D eigenvalue weighted by molar-refractivity contribution is 5.78. The molecule has 0 N–H and O–H groups in total. The lowest BCUT2D eigenvalue weighted by Crippen LogP contribution is -2.63. The maximum absolute atomic E-state index is 12.7. The first-order chi connectivity index (χ1) is 15.0. The van der Waals surface area contributed by atoms with Gasteiger partial charge in [0.25, 0.3) is 0 Å². The lowest BCUT2D eigenvalue weighted by atomic mass is 9.88. The number of likely N-dealkylation sites (tertiary alicyclic amines) is 1. The number of hydrogen-bond acceptors (Lipinski definition) is 5. The maximum Gasteiger partial charge on any atom is 0.419 e. The van der Waals surface area contributed by atoms with Gasteiger partial charge in [0.1, 0.15) is 5.60 Å². The van der Waals surface area contributed by atoms with Crippen molar-refractivity contribution in [2.75, 3.05) is 26.7 Å². The van der Waals surface area contributed by atoms with E-state index in [0.29, 0.717) is 37.9 Å². The minimum absolute atomic E-state index is 0.0486. The van der Waals surface area contributed by atoms with Gasteiger partial charge in [-0.2, -0.15) is 0 Å². The number of amides is 1. The van der Waals surface area contributed by atoms with Crippen LogP contribution < -0.4 is 5.76 Å². The summed E-state index contributed by atoms with van der Waals surface area (Å²) >= 11 is 0. The molecule has 0 saturated carbocycles. The van der Waals surface area contributed by atoms with Crippen molar-refractivity contribution in [3.8, 4) is 0 Å². The van der Waals surface area contributed by atoms with E-state index in [1.807, 2.05) is 29.2 Å². The fourth-order valence-electron chi connectivity index (χ4n) is 4.74. The summed E-state index contributed by atoms with van der Waals surface area (Å²) in [4.78, 5) is 28.9. The van der Waals surface area contributed by atoms with E-state index in [2.05, 4.69) is 36.2 Å². The molecule has 1 atom stereocenters. The van der Waals surface area contributed by atoms with E-state index in [9.17, 15) is 9.59 Å². The number of oxazole rings is 1. The Kier molecular flexibility index (Phi) is 5.16. The molecule has 2 aliphatic rings. The van der Waals surface area contributed by atoms with Crippen molar-refractivity contribution < 1.29 is 13.9 Å². The SMILES string of the molecule is CN(Cc1ccccc1)C1COC2(C1)CN(C(=O)CCn1c(=O)oc3ccccc31)C2. The van der Waals surface area contributed by atoms with E-state index in [1.165, 1.54) is 10.1 Å². The van der Waals surface area contributed by atoms with E-state index in [-0.39, 0.29) is 17.9 Å². The number of para-hydroxylation sites is 2. The number of benzene rings is 2. The summed E-state index contributed by atoms with van der Waals surface area (Å²) in [6.07, 6.45) is 1.21. The first kappa shape index (κ1) is 20.0. The summed E-state index contributed by atoms with van der Waals surface area (Å²) in [5.74, 6) is -0.370. The molecule has 0 bridgehead atoms. The van der Waals surface area contributed by atoms with Crippen LogP contribution >= 0.6 is 0 Å². The predicted molar refractivity (Wildman–Crippen MR) is 117 cm³/mol. The van der Waals surface area contributed by atoms with Crippen LogP contribution in [-0.4, -0.2) is 58.7 Å². The zero-order chi connectivity index (χ0) is 21.4. The number of nitrogens with zero attached hydrogens (tertiary/aromatic N) is 3. The topological polar surface area (TPSA) is 67.9 Å². The van der Waals surface area contributed by atoms with Gasteiger partial charge in [0, 0.05) is 25.6 Å². The predicted octanol–water partition coefficient (Wildman–Crippen LogP) is 2.49. The monoisotopic (exact) mass is 421 g/mol. The lowest BCUT2D eigenvalue weighted by Gasteiger charge is -2.47. The van der Waals surface area contributed by atoms with Gasteiger partial charge in [-0.3, -0.25) is 14.3 Å². The number of hydrogen-bond donors (Lipinski definition) is 0. The summed E-state index contributed by atoms with van der Waals surface area (Å²) in [5, 5.41) is 0. The molecule has 31 heavy (non-hydrogen) atoms. The minimum Gasteiger partial charge on any atom is -0.408 e. The minimum atomic E-state index is -0.419. The molecule has 5 rings (SSSR count). The highest BCUT2D eigenvalue weighted by Crippen LogP contribution is 2.37. The second kappa shape index (κ2) is 7.98. The summed E-state index contributed by atoms with van der Waals surface area (Å²) in [5.41, 5.74) is 2.35. The summed E-state index contributed by atoms with van der Waals surface area (Å²) in [6.45, 7) is 3.16. The van der Waals surface area contributed by atoms with Crippen LogP contribution in [-0.2, 0) is 22.6 Å². The molecule has 1 aromatic heterocycles. The number of aryl methyl sites for hydroxylation is 1. The van der Waals surface area contributed by atoms with Gasteiger partial charge >= 0.3 is 5.76 Å². The van der Waals surface area contributed by atoms with Crippen molar-refractivity contribution in [3.05, 3.63) is 70.7 Å². The maximum atomic E-state index is 12.7. The molecule has 7 heteroatoms. The number of likely N-dealkylation sites (N-methyl/N-ethyl adjacent to an activating group) is 1. The smallest absolute Gasteiger partial charge is 0.408 e. The van der Waals surface area contributed by atoms with E-state index < -0.39 is 5.76 Å². The number of carbonyl (C=O) groups excluding carboxylic acids is 1. The molecule has 2 saturated heterocycles. The summed E-state index contributed by atoms with van der Waals surface area (Å²) in [7, 11) is 2.13. The third kappa shape index (κ3) is 3.91. The molecule has 3 heterocycles. The third-order valence-corrected chi connectivity index (χ3v) is 6.52. The Morgan fingerprint density at radius 1 is 1.13 bits per heavy atom. The Morgan fingerprint density at radius 2 is 1.87 bits per heavy atom. The quantitative estimate of drug-likeness (QED) is 0.612. The Labute approximate surface area is 180 Å². The van der Waals surface area contributed by atoms with Gasteiger partial charge < -0.3 is 14.1 Å². The van der Waals surface area contributed by atoms with E-state index >= 15 is 0 Å². The van der Waals surface area contributed by atoms with E-state index in [0.717, 1.165) is 18.5 Å². The number of rotatable bonds is 6. The van der Waals surface area contributed by atoms with Crippen molar-refractivity contribution in [1.29, 1.82) is 0 Å². The lowest BCUT2D eigenvalue weighted by molar-refractivity contribution is -0.157. The Hall–Kier alpha value is -2.90. The standard InChI is InChI=1S/C24H27N3O4/c1-25(14-18-7-3-2-4-8-18)19-13-24(30-15-19)16-26(17-24)22(28)11-12-27-20-9-5-6-10-21(20)31-23(27)29/h2-10,19H,11-17H2,1H3. The Morgan fingerprint density at radius 3 is 2.68 bits per heavy atom. The zero-order valence-electron chi connectivity index (χ0n) is 17.7. The van der Waals surface area contributed by atoms with Gasteiger partial charge in [-0.25, -0.2) is 4.79 Å². The van der Waals surface area contributed by atoms with Gasteiger partial charge in [0.05, 0.1) is 25.2 Å². The number of fused-ring (bicyclic) bond motifs is 1. The second-order valence-electron chi connectivity index (χ2n) is 8.74. The highest BCUT2D eigenvalue weighted by atomic mass is 16.5. The average molecular weight is 421 g/mol. The molecule has 1 unspecified atom stereocenters. The van der Waals surface area contributed by atoms with Crippen LogP contribution in [0.2, 0.25) is 0 Å². The van der Waals surface area contributed by atoms with Gasteiger partial charge in [-0.15, -0.1) is 0 Å². The van der Waals surface area contributed by atoms with Gasteiger partial charge in [0.2, 0.25) is 5.91 Å². The molecule has 162 valence electrons. The van der Waals surface area contributed by atoms with Crippen LogP contribution in [0.5, 0.6) is 0 Å². The van der Waals surface area contributed by atoms with E-state index in [4.69, 9.17) is 9.15 Å². The van der Waals surface area contributed by atoms with E-state index in [1.54, 1.807) is 6.07 Å². The molecular weight excluding hydrogens is 394 g/mol. The fourth-order valence-corrected chi connectivity index (χ4v) is 4.74. The first-order valence-corrected chi connectivity index (χ1v) is 10.8. The normalized spacial score (nSPS) is 19.9. The zero-order valence-corrected chi connectivity index (χ0v) is 17.7. The average Bonchev–Trinajstić information content (AvgIpc) is 3.33. The van der Waals surface area contributed by atoms with Gasteiger partial charge in [-0.05, 0) is 31.2 Å². The van der Waals surface area contributed by atoms with Crippen molar-refractivity contribution in [2.24, 2.45) is 0 Å². The van der Waals surface area contributed by atoms with Crippen molar-refractivity contribution in [2.45, 2.75) is 37.6 Å². The van der Waals surface area contributed by atoms with Crippen molar-refractivity contribution in [1.82, 2.24) is 14.4 Å². The Balaban J connectivity index is 1.13. The van der Waals surface area contributed by atoms with Gasteiger partial charge in [-0.1, -0.05) is 42.5 Å². The first-order valence-electron chi connectivity index (χ1n) is 10.8. The largest absolute Gasteiger partial charge is 0.419 e.